The van der Waals surface area contributed by atoms with Gasteiger partial charge in [0.15, 0.2) is 0 Å². The number of aliphatic hydroxyl groups is 1. The lowest BCUT2D eigenvalue weighted by Crippen LogP contribution is -2.38. The van der Waals surface area contributed by atoms with E-state index in [4.69, 9.17) is 4.42 Å². The summed E-state index contributed by atoms with van der Waals surface area (Å²) >= 11 is 0. The van der Waals surface area contributed by atoms with E-state index in [9.17, 15) is 9.90 Å². The molecule has 0 fully saturated rings. The van der Waals surface area contributed by atoms with Gasteiger partial charge in [0.25, 0.3) is 0 Å². The quantitative estimate of drug-likeness (QED) is 0.831. The maximum absolute atomic E-state index is 11.7. The molecule has 20 heavy (non-hydrogen) atoms. The number of aryl methyl sites for hydroxylation is 2. The molecule has 0 aliphatic carbocycles. The predicted octanol–water partition coefficient (Wildman–Crippen LogP) is 1.20. The predicted molar refractivity (Wildman–Crippen MR) is 72.9 cm³/mol. The van der Waals surface area contributed by atoms with Crippen LogP contribution in [0.1, 0.15) is 24.7 Å². The number of nitrogens with one attached hydrogen (secondary N) is 1. The highest BCUT2D eigenvalue weighted by molar-refractivity contribution is 5.75. The molecule has 6 nitrogen and oxygen atoms in total. The molecule has 1 amide bonds. The Balaban J connectivity index is 1.77. The van der Waals surface area contributed by atoms with Crippen LogP contribution in [0, 0.1) is 6.92 Å². The Morgan fingerprint density at radius 1 is 1.60 bits per heavy atom. The molecule has 0 saturated heterocycles. The number of hydrogen-bond donors (Lipinski definition) is 2. The van der Waals surface area contributed by atoms with Crippen molar-refractivity contribution in [3.05, 3.63) is 42.1 Å². The number of carbonyl (C=O) groups excluding carboxylic acids is 1. The second-order valence-corrected chi connectivity index (χ2v) is 5.06. The number of rotatable bonds is 6. The van der Waals surface area contributed by atoms with E-state index in [-0.39, 0.29) is 12.5 Å². The Morgan fingerprint density at radius 2 is 2.40 bits per heavy atom. The first-order chi connectivity index (χ1) is 9.47. The molecule has 1 unspecified atom stereocenters. The monoisotopic (exact) mass is 277 g/mol. The standard InChI is InChI=1S/C14H19N3O3/c1-11-8-16-17(9-11)6-5-13(18)15-10-14(2,19)12-4-3-7-20-12/h3-4,7-9,19H,5-6,10H2,1-2H3,(H,15,18). The molecule has 0 aromatic carbocycles. The molecule has 2 heterocycles. The molecule has 0 saturated carbocycles. The van der Waals surface area contributed by atoms with Gasteiger partial charge in [0, 0.05) is 19.2 Å². The van der Waals surface area contributed by atoms with Gasteiger partial charge in [-0.05, 0) is 31.5 Å². The van der Waals surface area contributed by atoms with Gasteiger partial charge in [-0.3, -0.25) is 9.48 Å². The minimum atomic E-state index is -1.21. The lowest BCUT2D eigenvalue weighted by atomic mass is 10.0. The third-order valence-electron chi connectivity index (χ3n) is 3.01. The average molecular weight is 277 g/mol. The van der Waals surface area contributed by atoms with Crippen LogP contribution in [0.3, 0.4) is 0 Å². The first-order valence-electron chi connectivity index (χ1n) is 6.49. The Hall–Kier alpha value is -2.08. The van der Waals surface area contributed by atoms with Crippen molar-refractivity contribution in [1.82, 2.24) is 15.1 Å². The summed E-state index contributed by atoms with van der Waals surface area (Å²) in [6.45, 7) is 4.17. The van der Waals surface area contributed by atoms with Crippen LogP contribution in [-0.4, -0.2) is 27.3 Å². The maximum Gasteiger partial charge on any atom is 0.221 e. The molecule has 1 atom stereocenters. The van der Waals surface area contributed by atoms with E-state index in [1.54, 1.807) is 29.9 Å². The highest BCUT2D eigenvalue weighted by Crippen LogP contribution is 2.19. The van der Waals surface area contributed by atoms with Crippen molar-refractivity contribution in [3.8, 4) is 0 Å². The van der Waals surface area contributed by atoms with Gasteiger partial charge in [-0.2, -0.15) is 5.10 Å². The normalized spacial score (nSPS) is 13.9. The van der Waals surface area contributed by atoms with E-state index in [1.165, 1.54) is 6.26 Å². The summed E-state index contributed by atoms with van der Waals surface area (Å²) in [6, 6.07) is 3.38. The highest BCUT2D eigenvalue weighted by atomic mass is 16.4. The van der Waals surface area contributed by atoms with E-state index < -0.39 is 5.60 Å². The smallest absolute Gasteiger partial charge is 0.221 e. The molecule has 0 bridgehead atoms. The van der Waals surface area contributed by atoms with Gasteiger partial charge < -0.3 is 14.8 Å². The fourth-order valence-corrected chi connectivity index (χ4v) is 1.84. The Bertz CT molecular complexity index is 558. The van der Waals surface area contributed by atoms with E-state index in [2.05, 4.69) is 10.4 Å². The summed E-state index contributed by atoms with van der Waals surface area (Å²) in [6.07, 6.45) is 5.44. The van der Waals surface area contributed by atoms with Gasteiger partial charge in [0.2, 0.25) is 5.91 Å². The van der Waals surface area contributed by atoms with Gasteiger partial charge in [-0.1, -0.05) is 0 Å². The van der Waals surface area contributed by atoms with E-state index in [0.717, 1.165) is 5.56 Å². The minimum Gasteiger partial charge on any atom is -0.466 e. The molecule has 0 spiro atoms. The molecular formula is C14H19N3O3. The number of furan rings is 1. The maximum atomic E-state index is 11.7. The third kappa shape index (κ3) is 3.71. The van der Waals surface area contributed by atoms with E-state index in [0.29, 0.717) is 18.7 Å². The molecule has 2 aromatic heterocycles. The summed E-state index contributed by atoms with van der Waals surface area (Å²) in [5.74, 6) is 0.297. The van der Waals surface area contributed by atoms with Gasteiger partial charge in [0.05, 0.1) is 19.0 Å². The molecule has 0 aliphatic heterocycles. The van der Waals surface area contributed by atoms with Crippen molar-refractivity contribution in [2.75, 3.05) is 6.54 Å². The van der Waals surface area contributed by atoms with Crippen molar-refractivity contribution in [2.45, 2.75) is 32.4 Å². The van der Waals surface area contributed by atoms with Crippen LogP contribution in [0.15, 0.2) is 35.2 Å². The van der Waals surface area contributed by atoms with Gasteiger partial charge in [-0.15, -0.1) is 0 Å². The van der Waals surface area contributed by atoms with E-state index >= 15 is 0 Å². The summed E-state index contributed by atoms with van der Waals surface area (Å²) in [4.78, 5) is 11.7. The Kier molecular flexibility index (Phi) is 4.24. The third-order valence-corrected chi connectivity index (χ3v) is 3.01. The highest BCUT2D eigenvalue weighted by Gasteiger charge is 2.26. The molecule has 6 heteroatoms. The molecule has 2 aromatic rings. The van der Waals surface area contributed by atoms with Crippen LogP contribution in [-0.2, 0) is 16.9 Å². The average Bonchev–Trinajstić information content (AvgIpc) is 3.05. The van der Waals surface area contributed by atoms with Crippen LogP contribution in [0.5, 0.6) is 0 Å². The van der Waals surface area contributed by atoms with Gasteiger partial charge in [0.1, 0.15) is 11.4 Å². The van der Waals surface area contributed by atoms with Crippen molar-refractivity contribution in [2.24, 2.45) is 0 Å². The first kappa shape index (κ1) is 14.3. The van der Waals surface area contributed by atoms with Crippen LogP contribution in [0.4, 0.5) is 0 Å². The van der Waals surface area contributed by atoms with Crippen LogP contribution in [0.25, 0.3) is 0 Å². The number of carbonyl (C=O) groups is 1. The second kappa shape index (κ2) is 5.92. The topological polar surface area (TPSA) is 80.3 Å². The number of aromatic nitrogens is 2. The molecule has 2 rings (SSSR count). The zero-order chi connectivity index (χ0) is 14.6. The van der Waals surface area contributed by atoms with Gasteiger partial charge in [-0.25, -0.2) is 0 Å². The van der Waals surface area contributed by atoms with E-state index in [1.807, 2.05) is 13.1 Å². The fraction of sp³-hybridized carbons (Fsp3) is 0.429. The lowest BCUT2D eigenvalue weighted by Gasteiger charge is -2.21. The summed E-state index contributed by atoms with van der Waals surface area (Å²) < 4.78 is 6.87. The van der Waals surface area contributed by atoms with Crippen molar-refractivity contribution in [1.29, 1.82) is 0 Å². The fourth-order valence-electron chi connectivity index (χ4n) is 1.84. The summed E-state index contributed by atoms with van der Waals surface area (Å²) in [5, 5.41) is 17.0. The van der Waals surface area contributed by atoms with Crippen molar-refractivity contribution >= 4 is 5.91 Å². The molecule has 0 radical (unpaired) electrons. The van der Waals surface area contributed by atoms with Crippen molar-refractivity contribution in [3.63, 3.8) is 0 Å². The lowest BCUT2D eigenvalue weighted by molar-refractivity contribution is -0.122. The van der Waals surface area contributed by atoms with Crippen LogP contribution < -0.4 is 5.32 Å². The largest absolute Gasteiger partial charge is 0.466 e. The number of nitrogens with zero attached hydrogens (tertiary/aromatic N) is 2. The number of amides is 1. The van der Waals surface area contributed by atoms with Crippen molar-refractivity contribution < 1.29 is 14.3 Å². The zero-order valence-electron chi connectivity index (χ0n) is 11.7. The van der Waals surface area contributed by atoms with Crippen LogP contribution >= 0.6 is 0 Å². The minimum absolute atomic E-state index is 0.109. The molecule has 2 N–H and O–H groups in total. The molecule has 108 valence electrons. The summed E-state index contributed by atoms with van der Waals surface area (Å²) in [5.41, 5.74) is -0.146. The summed E-state index contributed by atoms with van der Waals surface area (Å²) in [7, 11) is 0. The first-order valence-corrected chi connectivity index (χ1v) is 6.49. The van der Waals surface area contributed by atoms with Gasteiger partial charge >= 0.3 is 0 Å². The molecule has 0 aliphatic rings. The second-order valence-electron chi connectivity index (χ2n) is 5.06. The van der Waals surface area contributed by atoms with Crippen LogP contribution in [0.2, 0.25) is 0 Å². The SMILES string of the molecule is Cc1cnn(CCC(=O)NCC(C)(O)c2ccco2)c1. The Morgan fingerprint density at radius 3 is 3.00 bits per heavy atom. The zero-order valence-corrected chi connectivity index (χ0v) is 11.7. The Labute approximate surface area is 117 Å². The number of hydrogen-bond acceptors (Lipinski definition) is 4. The molecular weight excluding hydrogens is 258 g/mol.